The molecule has 0 bridgehead atoms. The molecule has 2 amide bonds. The highest BCUT2D eigenvalue weighted by Gasteiger charge is 2.28. The molecule has 0 aliphatic carbocycles. The molecule has 1 rings (SSSR count). The van der Waals surface area contributed by atoms with Crippen LogP contribution in [0.4, 0.5) is 4.79 Å². The molecule has 0 aromatic rings. The number of aliphatic hydroxyl groups is 1. The number of rotatable bonds is 3. The zero-order valence-electron chi connectivity index (χ0n) is 8.56. The van der Waals surface area contributed by atoms with E-state index in [1.54, 1.807) is 6.92 Å². The lowest BCUT2D eigenvalue weighted by molar-refractivity contribution is 0.187. The van der Waals surface area contributed by atoms with E-state index in [1.165, 1.54) is 0 Å². The van der Waals surface area contributed by atoms with Crippen LogP contribution in [0.5, 0.6) is 0 Å². The molecule has 7 heteroatoms. The van der Waals surface area contributed by atoms with Gasteiger partial charge in [0, 0.05) is 12.6 Å². The Labute approximate surface area is 89.0 Å². The first-order chi connectivity index (χ1) is 6.89. The SMILES string of the molecule is CC(O)CNC(=O)NC1CCS(=O)(=O)C1. The third kappa shape index (κ3) is 4.48. The largest absolute Gasteiger partial charge is 0.392 e. The Kier molecular flexibility index (Phi) is 3.92. The smallest absolute Gasteiger partial charge is 0.315 e. The topological polar surface area (TPSA) is 95.5 Å². The summed E-state index contributed by atoms with van der Waals surface area (Å²) in [5.41, 5.74) is 0. The molecule has 15 heavy (non-hydrogen) atoms. The molecule has 1 saturated heterocycles. The Morgan fingerprint density at radius 3 is 2.73 bits per heavy atom. The van der Waals surface area contributed by atoms with E-state index in [2.05, 4.69) is 10.6 Å². The van der Waals surface area contributed by atoms with Crippen molar-refractivity contribution >= 4 is 15.9 Å². The number of aliphatic hydroxyl groups excluding tert-OH is 1. The lowest BCUT2D eigenvalue weighted by Gasteiger charge is -2.12. The van der Waals surface area contributed by atoms with Gasteiger partial charge in [-0.15, -0.1) is 0 Å². The normalized spacial score (nSPS) is 25.9. The Morgan fingerprint density at radius 1 is 1.60 bits per heavy atom. The second-order valence-electron chi connectivity index (χ2n) is 3.80. The fraction of sp³-hybridized carbons (Fsp3) is 0.875. The summed E-state index contributed by atoms with van der Waals surface area (Å²) in [5, 5.41) is 13.9. The van der Waals surface area contributed by atoms with Crippen molar-refractivity contribution in [3.63, 3.8) is 0 Å². The minimum Gasteiger partial charge on any atom is -0.392 e. The van der Waals surface area contributed by atoms with Gasteiger partial charge in [-0.05, 0) is 13.3 Å². The van der Waals surface area contributed by atoms with Crippen LogP contribution >= 0.6 is 0 Å². The molecule has 0 aromatic carbocycles. The summed E-state index contributed by atoms with van der Waals surface area (Å²) in [5.74, 6) is 0.142. The van der Waals surface area contributed by atoms with E-state index < -0.39 is 22.0 Å². The highest BCUT2D eigenvalue weighted by Crippen LogP contribution is 2.10. The molecule has 88 valence electrons. The zero-order chi connectivity index (χ0) is 11.5. The first-order valence-electron chi connectivity index (χ1n) is 4.82. The Balaban J connectivity index is 2.28. The summed E-state index contributed by atoms with van der Waals surface area (Å²) < 4.78 is 22.2. The second kappa shape index (κ2) is 4.80. The van der Waals surface area contributed by atoms with Crippen molar-refractivity contribution < 1.29 is 18.3 Å². The highest BCUT2D eigenvalue weighted by atomic mass is 32.2. The van der Waals surface area contributed by atoms with Crippen molar-refractivity contribution in [2.24, 2.45) is 0 Å². The van der Waals surface area contributed by atoms with Gasteiger partial charge < -0.3 is 15.7 Å². The molecular weight excluding hydrogens is 220 g/mol. The van der Waals surface area contributed by atoms with E-state index in [-0.39, 0.29) is 24.1 Å². The van der Waals surface area contributed by atoms with E-state index in [1.807, 2.05) is 0 Å². The molecule has 2 unspecified atom stereocenters. The first kappa shape index (κ1) is 12.3. The Bertz CT molecular complexity index is 326. The maximum absolute atomic E-state index is 11.2. The maximum atomic E-state index is 11.2. The number of carbonyl (C=O) groups is 1. The fourth-order valence-corrected chi connectivity index (χ4v) is 3.06. The van der Waals surface area contributed by atoms with Crippen LogP contribution in [-0.4, -0.2) is 49.8 Å². The number of hydrogen-bond acceptors (Lipinski definition) is 4. The standard InChI is InChI=1S/C8H16N2O4S/c1-6(11)4-9-8(12)10-7-2-3-15(13,14)5-7/h6-7,11H,2-5H2,1H3,(H2,9,10,12). The predicted molar refractivity (Wildman–Crippen MR) is 55.3 cm³/mol. The van der Waals surface area contributed by atoms with Gasteiger partial charge >= 0.3 is 6.03 Å². The highest BCUT2D eigenvalue weighted by molar-refractivity contribution is 7.91. The lowest BCUT2D eigenvalue weighted by atomic mass is 10.3. The van der Waals surface area contributed by atoms with E-state index in [4.69, 9.17) is 5.11 Å². The summed E-state index contributed by atoms with van der Waals surface area (Å²) in [6.45, 7) is 1.71. The van der Waals surface area contributed by atoms with Crippen molar-refractivity contribution in [2.45, 2.75) is 25.5 Å². The average Bonchev–Trinajstić information content (AvgIpc) is 2.42. The summed E-state index contributed by atoms with van der Waals surface area (Å²) in [4.78, 5) is 11.2. The number of hydrogen-bond donors (Lipinski definition) is 3. The maximum Gasteiger partial charge on any atom is 0.315 e. The fourth-order valence-electron chi connectivity index (χ4n) is 1.39. The molecule has 0 spiro atoms. The summed E-state index contributed by atoms with van der Waals surface area (Å²) in [6.07, 6.45) is -0.146. The van der Waals surface area contributed by atoms with E-state index in [0.717, 1.165) is 0 Å². The van der Waals surface area contributed by atoms with E-state index >= 15 is 0 Å². The summed E-state index contributed by atoms with van der Waals surface area (Å²) >= 11 is 0. The molecule has 0 saturated carbocycles. The van der Waals surface area contributed by atoms with Gasteiger partial charge in [0.1, 0.15) is 0 Å². The van der Waals surface area contributed by atoms with Crippen LogP contribution in [0.15, 0.2) is 0 Å². The predicted octanol–water partition coefficient (Wildman–Crippen LogP) is -1.15. The lowest BCUT2D eigenvalue weighted by Crippen LogP contribution is -2.44. The zero-order valence-corrected chi connectivity index (χ0v) is 9.38. The molecule has 0 radical (unpaired) electrons. The van der Waals surface area contributed by atoms with Crippen LogP contribution in [0, 0.1) is 0 Å². The number of urea groups is 1. The molecule has 6 nitrogen and oxygen atoms in total. The molecule has 2 atom stereocenters. The molecule has 1 fully saturated rings. The molecular formula is C8H16N2O4S. The van der Waals surface area contributed by atoms with Gasteiger partial charge in [0.15, 0.2) is 9.84 Å². The van der Waals surface area contributed by atoms with Crippen LogP contribution < -0.4 is 10.6 Å². The molecule has 0 aromatic heterocycles. The van der Waals surface area contributed by atoms with Gasteiger partial charge in [-0.3, -0.25) is 0 Å². The average molecular weight is 236 g/mol. The van der Waals surface area contributed by atoms with Gasteiger partial charge in [-0.25, -0.2) is 13.2 Å². The van der Waals surface area contributed by atoms with Crippen LogP contribution in [0.2, 0.25) is 0 Å². The number of carbonyl (C=O) groups excluding carboxylic acids is 1. The number of nitrogens with one attached hydrogen (secondary N) is 2. The third-order valence-electron chi connectivity index (χ3n) is 2.13. The van der Waals surface area contributed by atoms with Gasteiger partial charge in [0.2, 0.25) is 0 Å². The Morgan fingerprint density at radius 2 is 2.27 bits per heavy atom. The van der Waals surface area contributed by atoms with Crippen molar-refractivity contribution in [2.75, 3.05) is 18.1 Å². The van der Waals surface area contributed by atoms with Crippen LogP contribution in [0.3, 0.4) is 0 Å². The monoisotopic (exact) mass is 236 g/mol. The van der Waals surface area contributed by atoms with Gasteiger partial charge in [0.25, 0.3) is 0 Å². The van der Waals surface area contributed by atoms with E-state index in [9.17, 15) is 13.2 Å². The van der Waals surface area contributed by atoms with Crippen molar-refractivity contribution in [1.82, 2.24) is 10.6 Å². The molecule has 1 aliphatic heterocycles. The van der Waals surface area contributed by atoms with Crippen LogP contribution in [-0.2, 0) is 9.84 Å². The quantitative estimate of drug-likeness (QED) is 0.577. The third-order valence-corrected chi connectivity index (χ3v) is 3.89. The van der Waals surface area contributed by atoms with Crippen molar-refractivity contribution in [3.05, 3.63) is 0 Å². The van der Waals surface area contributed by atoms with Gasteiger partial charge in [0.05, 0.1) is 17.6 Å². The second-order valence-corrected chi connectivity index (χ2v) is 6.03. The minimum atomic E-state index is -2.96. The van der Waals surface area contributed by atoms with Gasteiger partial charge in [-0.2, -0.15) is 0 Å². The molecule has 3 N–H and O–H groups in total. The van der Waals surface area contributed by atoms with Crippen molar-refractivity contribution in [1.29, 1.82) is 0 Å². The number of sulfone groups is 1. The number of amides is 2. The first-order valence-corrected chi connectivity index (χ1v) is 6.64. The summed E-state index contributed by atoms with van der Waals surface area (Å²) in [6, 6.07) is -0.734. The molecule has 1 heterocycles. The van der Waals surface area contributed by atoms with Crippen LogP contribution in [0.1, 0.15) is 13.3 Å². The minimum absolute atomic E-state index is 0.00903. The van der Waals surface area contributed by atoms with Crippen LogP contribution in [0.25, 0.3) is 0 Å². The molecule has 1 aliphatic rings. The van der Waals surface area contributed by atoms with E-state index in [0.29, 0.717) is 6.42 Å². The Hall–Kier alpha value is -0.820. The van der Waals surface area contributed by atoms with Gasteiger partial charge in [-0.1, -0.05) is 0 Å². The summed E-state index contributed by atoms with van der Waals surface area (Å²) in [7, 11) is -2.96. The van der Waals surface area contributed by atoms with Crippen molar-refractivity contribution in [3.8, 4) is 0 Å².